The van der Waals surface area contributed by atoms with Gasteiger partial charge in [-0.1, -0.05) is 5.11 Å². The highest BCUT2D eigenvalue weighted by molar-refractivity contribution is 4.97. The molecule has 2 saturated heterocycles. The molecule has 2 fully saturated rings. The molecular formula is C6H9N3O4. The van der Waals surface area contributed by atoms with E-state index in [9.17, 15) is 10.2 Å². The van der Waals surface area contributed by atoms with Gasteiger partial charge >= 0.3 is 0 Å². The largest absolute Gasteiger partial charge is 0.390 e. The molecule has 7 nitrogen and oxygen atoms in total. The van der Waals surface area contributed by atoms with E-state index < -0.39 is 30.6 Å². The van der Waals surface area contributed by atoms with Gasteiger partial charge in [0.05, 0.1) is 24.9 Å². The predicted octanol–water partition coefficient (Wildman–Crippen LogP) is -0.858. The Morgan fingerprint density at radius 3 is 2.85 bits per heavy atom. The van der Waals surface area contributed by atoms with Gasteiger partial charge in [-0.15, -0.1) is 0 Å². The Labute approximate surface area is 73.5 Å². The highest BCUT2D eigenvalue weighted by atomic mass is 16.7. The van der Waals surface area contributed by atoms with Gasteiger partial charge in [0.2, 0.25) is 0 Å². The molecule has 0 amide bonds. The van der Waals surface area contributed by atoms with Crippen LogP contribution in [0.1, 0.15) is 0 Å². The molecule has 2 bridgehead atoms. The van der Waals surface area contributed by atoms with Crippen molar-refractivity contribution in [2.24, 2.45) is 5.11 Å². The minimum absolute atomic E-state index is 0.239. The van der Waals surface area contributed by atoms with E-state index in [2.05, 4.69) is 10.0 Å². The molecule has 2 aliphatic heterocycles. The fourth-order valence-electron chi connectivity index (χ4n) is 1.58. The molecule has 0 aliphatic carbocycles. The van der Waals surface area contributed by atoms with Gasteiger partial charge in [-0.25, -0.2) is 0 Å². The minimum Gasteiger partial charge on any atom is -0.390 e. The van der Waals surface area contributed by atoms with Crippen LogP contribution in [0, 0.1) is 0 Å². The summed E-state index contributed by atoms with van der Waals surface area (Å²) in [5.41, 5.74) is 8.22. The monoisotopic (exact) mass is 187 g/mol. The molecule has 0 spiro atoms. The molecule has 2 rings (SSSR count). The van der Waals surface area contributed by atoms with E-state index in [0.29, 0.717) is 0 Å². The lowest BCUT2D eigenvalue weighted by Gasteiger charge is -2.32. The first-order valence-electron chi connectivity index (χ1n) is 3.91. The molecule has 2 aliphatic rings. The zero-order valence-corrected chi connectivity index (χ0v) is 6.65. The van der Waals surface area contributed by atoms with E-state index in [1.54, 1.807) is 0 Å². The molecular weight excluding hydrogens is 178 g/mol. The summed E-state index contributed by atoms with van der Waals surface area (Å²) < 4.78 is 10.2. The number of aliphatic hydroxyl groups is 2. The van der Waals surface area contributed by atoms with Crippen LogP contribution in [0.25, 0.3) is 10.4 Å². The Morgan fingerprint density at radius 1 is 1.38 bits per heavy atom. The van der Waals surface area contributed by atoms with Gasteiger partial charge in [-0.05, 0) is 5.53 Å². The topological polar surface area (TPSA) is 108 Å². The van der Waals surface area contributed by atoms with Gasteiger partial charge < -0.3 is 19.7 Å². The maximum Gasteiger partial charge on any atom is 0.186 e. The van der Waals surface area contributed by atoms with Crippen LogP contribution in [-0.2, 0) is 9.47 Å². The van der Waals surface area contributed by atoms with Crippen LogP contribution in [0.5, 0.6) is 0 Å². The molecule has 2 heterocycles. The molecule has 72 valence electrons. The zero-order chi connectivity index (χ0) is 9.42. The molecule has 3 unspecified atom stereocenters. The zero-order valence-electron chi connectivity index (χ0n) is 6.65. The summed E-state index contributed by atoms with van der Waals surface area (Å²) in [6, 6.07) is -0.765. The third-order valence-electron chi connectivity index (χ3n) is 2.28. The van der Waals surface area contributed by atoms with Gasteiger partial charge in [0.15, 0.2) is 6.29 Å². The van der Waals surface area contributed by atoms with E-state index in [1.807, 2.05) is 0 Å². The van der Waals surface area contributed by atoms with Gasteiger partial charge in [0.1, 0.15) is 6.10 Å². The first kappa shape index (κ1) is 8.74. The number of hydrogen-bond donors (Lipinski definition) is 2. The Hall–Kier alpha value is -0.850. The van der Waals surface area contributed by atoms with Crippen molar-refractivity contribution in [1.82, 2.24) is 0 Å². The number of nitrogens with zero attached hydrogens (tertiary/aromatic N) is 3. The average molecular weight is 187 g/mol. The first-order valence-corrected chi connectivity index (χ1v) is 3.91. The van der Waals surface area contributed by atoms with Crippen molar-refractivity contribution in [3.05, 3.63) is 10.4 Å². The molecule has 2 N–H and O–H groups in total. The molecule has 7 heteroatoms. The summed E-state index contributed by atoms with van der Waals surface area (Å²) in [7, 11) is 0. The van der Waals surface area contributed by atoms with Crippen LogP contribution in [0.15, 0.2) is 5.11 Å². The van der Waals surface area contributed by atoms with E-state index in [-0.39, 0.29) is 6.61 Å². The summed E-state index contributed by atoms with van der Waals surface area (Å²) in [5, 5.41) is 22.2. The van der Waals surface area contributed by atoms with Gasteiger partial charge in [0.25, 0.3) is 0 Å². The summed E-state index contributed by atoms with van der Waals surface area (Å²) in [6.07, 6.45) is -3.49. The quantitative estimate of drug-likeness (QED) is 0.316. The summed E-state index contributed by atoms with van der Waals surface area (Å²) >= 11 is 0. The van der Waals surface area contributed by atoms with E-state index in [1.165, 1.54) is 0 Å². The summed E-state index contributed by atoms with van der Waals surface area (Å²) in [6.45, 7) is 0.239. The molecule has 0 saturated carbocycles. The number of ether oxygens (including phenoxy) is 2. The Morgan fingerprint density at radius 2 is 2.15 bits per heavy atom. The number of aliphatic hydroxyl groups excluding tert-OH is 2. The van der Waals surface area contributed by atoms with Gasteiger partial charge in [-0.3, -0.25) is 0 Å². The number of hydrogen-bond acceptors (Lipinski definition) is 5. The minimum atomic E-state index is -1.14. The van der Waals surface area contributed by atoms with Gasteiger partial charge in [-0.2, -0.15) is 0 Å². The van der Waals surface area contributed by atoms with Gasteiger partial charge in [0, 0.05) is 4.91 Å². The first-order chi connectivity index (χ1) is 6.24. The maximum absolute atomic E-state index is 9.47. The predicted molar refractivity (Wildman–Crippen MR) is 39.6 cm³/mol. The SMILES string of the molecule is [N-]=[N+]=N[C@@H]1C2CO[C@H](O2)C(O)C1O. The Balaban J connectivity index is 2.21. The van der Waals surface area contributed by atoms with Crippen molar-refractivity contribution in [3.63, 3.8) is 0 Å². The van der Waals surface area contributed by atoms with Crippen molar-refractivity contribution in [3.8, 4) is 0 Å². The lowest BCUT2D eigenvalue weighted by molar-refractivity contribution is -0.198. The molecule has 0 aromatic carbocycles. The molecule has 0 radical (unpaired) electrons. The second kappa shape index (κ2) is 3.13. The molecule has 13 heavy (non-hydrogen) atoms. The highest BCUT2D eigenvalue weighted by Gasteiger charge is 2.49. The third kappa shape index (κ3) is 1.27. The molecule has 0 aromatic rings. The van der Waals surface area contributed by atoms with Crippen LogP contribution in [0.2, 0.25) is 0 Å². The molecule has 0 aromatic heterocycles. The van der Waals surface area contributed by atoms with Crippen molar-refractivity contribution < 1.29 is 19.7 Å². The van der Waals surface area contributed by atoms with Crippen LogP contribution in [0.4, 0.5) is 0 Å². The maximum atomic E-state index is 9.47. The van der Waals surface area contributed by atoms with E-state index in [0.717, 1.165) is 0 Å². The highest BCUT2D eigenvalue weighted by Crippen LogP contribution is 2.29. The fraction of sp³-hybridized carbons (Fsp3) is 1.00. The fourth-order valence-corrected chi connectivity index (χ4v) is 1.58. The Kier molecular flexibility index (Phi) is 2.10. The lowest BCUT2D eigenvalue weighted by Crippen LogP contribution is -2.52. The van der Waals surface area contributed by atoms with E-state index in [4.69, 9.17) is 15.0 Å². The standard InChI is InChI=1S/C6H9N3O4/c7-9-8-3-2-1-12-6(13-2)5(11)4(3)10/h2-6,10-11H,1H2/t2?,3-,4?,5?,6-/m1/s1. The van der Waals surface area contributed by atoms with Crippen LogP contribution < -0.4 is 0 Å². The Bertz CT molecular complexity index is 254. The second-order valence-corrected chi connectivity index (χ2v) is 3.05. The normalized spacial score (nSPS) is 48.6. The summed E-state index contributed by atoms with van der Waals surface area (Å²) in [4.78, 5) is 2.58. The van der Waals surface area contributed by atoms with Crippen molar-refractivity contribution in [2.45, 2.75) is 30.6 Å². The van der Waals surface area contributed by atoms with Crippen LogP contribution >= 0.6 is 0 Å². The number of fused-ring (bicyclic) bond motifs is 2. The lowest BCUT2D eigenvalue weighted by atomic mass is 9.99. The van der Waals surface area contributed by atoms with E-state index >= 15 is 0 Å². The average Bonchev–Trinajstić information content (AvgIpc) is 2.56. The van der Waals surface area contributed by atoms with Crippen LogP contribution in [0.3, 0.4) is 0 Å². The van der Waals surface area contributed by atoms with Crippen molar-refractivity contribution >= 4 is 0 Å². The number of azide groups is 1. The third-order valence-corrected chi connectivity index (χ3v) is 2.28. The molecule has 5 atom stereocenters. The van der Waals surface area contributed by atoms with Crippen molar-refractivity contribution in [1.29, 1.82) is 0 Å². The number of rotatable bonds is 1. The second-order valence-electron chi connectivity index (χ2n) is 3.05. The van der Waals surface area contributed by atoms with Crippen molar-refractivity contribution in [2.75, 3.05) is 6.61 Å². The van der Waals surface area contributed by atoms with Crippen LogP contribution in [-0.4, -0.2) is 47.5 Å². The summed E-state index contributed by atoms with van der Waals surface area (Å²) in [5.74, 6) is 0. The smallest absolute Gasteiger partial charge is 0.186 e.